The Kier molecular flexibility index (Phi) is 5.00. The van der Waals surface area contributed by atoms with Crippen LogP contribution >= 0.6 is 0 Å². The monoisotopic (exact) mass is 326 g/mol. The molecule has 5 heteroatoms. The molecule has 1 atom stereocenters. The maximum atomic E-state index is 12.6. The van der Waals surface area contributed by atoms with Crippen LogP contribution in [0, 0.1) is 6.92 Å². The lowest BCUT2D eigenvalue weighted by Crippen LogP contribution is -2.37. The molecule has 1 fully saturated rings. The largest absolute Gasteiger partial charge is 0.350 e. The van der Waals surface area contributed by atoms with E-state index in [-0.39, 0.29) is 11.8 Å². The molecule has 1 unspecified atom stereocenters. The summed E-state index contributed by atoms with van der Waals surface area (Å²) in [5.41, 5.74) is 3.82. The fraction of sp³-hybridized carbons (Fsp3) is 0.474. The Morgan fingerprint density at radius 3 is 2.75 bits per heavy atom. The average molecular weight is 326 g/mol. The quantitative estimate of drug-likeness (QED) is 0.888. The first-order chi connectivity index (χ1) is 11.6. The SMILES string of the molecule is Cc1ccc(-n2ncc(C(=O)NCC3CCCN3)c2C(C)C)cc1. The molecule has 0 bridgehead atoms. The number of nitrogens with one attached hydrogen (secondary N) is 2. The van der Waals surface area contributed by atoms with Crippen molar-refractivity contribution in [1.29, 1.82) is 0 Å². The van der Waals surface area contributed by atoms with Crippen LogP contribution < -0.4 is 10.6 Å². The molecule has 128 valence electrons. The molecular weight excluding hydrogens is 300 g/mol. The number of hydrogen-bond acceptors (Lipinski definition) is 3. The lowest BCUT2D eigenvalue weighted by Gasteiger charge is -2.14. The Balaban J connectivity index is 1.82. The molecule has 3 rings (SSSR count). The molecule has 0 spiro atoms. The second-order valence-corrected chi connectivity index (χ2v) is 6.85. The molecule has 1 amide bonds. The molecule has 0 radical (unpaired) electrons. The van der Waals surface area contributed by atoms with Gasteiger partial charge in [-0.25, -0.2) is 4.68 Å². The van der Waals surface area contributed by atoms with Gasteiger partial charge in [-0.1, -0.05) is 31.5 Å². The Morgan fingerprint density at radius 1 is 1.38 bits per heavy atom. The first-order valence-corrected chi connectivity index (χ1v) is 8.73. The van der Waals surface area contributed by atoms with Crippen molar-refractivity contribution in [2.24, 2.45) is 0 Å². The van der Waals surface area contributed by atoms with Crippen molar-refractivity contribution in [2.45, 2.75) is 45.6 Å². The summed E-state index contributed by atoms with van der Waals surface area (Å²) in [7, 11) is 0. The van der Waals surface area contributed by atoms with Gasteiger partial charge in [0.05, 0.1) is 23.1 Å². The molecule has 1 aromatic heterocycles. The Morgan fingerprint density at radius 2 is 2.12 bits per heavy atom. The Bertz CT molecular complexity index is 697. The predicted molar refractivity (Wildman–Crippen MR) is 95.7 cm³/mol. The fourth-order valence-electron chi connectivity index (χ4n) is 3.22. The molecule has 1 aliphatic rings. The first-order valence-electron chi connectivity index (χ1n) is 8.73. The van der Waals surface area contributed by atoms with Crippen LogP contribution in [0.1, 0.15) is 54.2 Å². The predicted octanol–water partition coefficient (Wildman–Crippen LogP) is 2.79. The Labute approximate surface area is 143 Å². The number of rotatable bonds is 5. The molecule has 24 heavy (non-hydrogen) atoms. The van der Waals surface area contributed by atoms with Crippen LogP contribution in [0.4, 0.5) is 0 Å². The highest BCUT2D eigenvalue weighted by atomic mass is 16.1. The summed E-state index contributed by atoms with van der Waals surface area (Å²) in [6, 6.07) is 8.60. The summed E-state index contributed by atoms with van der Waals surface area (Å²) in [4.78, 5) is 12.6. The van der Waals surface area contributed by atoms with E-state index in [1.807, 2.05) is 16.8 Å². The van der Waals surface area contributed by atoms with Gasteiger partial charge in [-0.15, -0.1) is 0 Å². The van der Waals surface area contributed by atoms with Gasteiger partial charge < -0.3 is 10.6 Å². The molecular formula is C19H26N4O. The fourth-order valence-corrected chi connectivity index (χ4v) is 3.22. The zero-order chi connectivity index (χ0) is 17.1. The zero-order valence-electron chi connectivity index (χ0n) is 14.7. The highest BCUT2D eigenvalue weighted by molar-refractivity contribution is 5.95. The van der Waals surface area contributed by atoms with E-state index in [0.717, 1.165) is 24.3 Å². The van der Waals surface area contributed by atoms with E-state index in [1.54, 1.807) is 6.20 Å². The zero-order valence-corrected chi connectivity index (χ0v) is 14.7. The third-order valence-corrected chi connectivity index (χ3v) is 4.55. The van der Waals surface area contributed by atoms with Crippen LogP contribution in [0.15, 0.2) is 30.5 Å². The molecule has 1 aromatic carbocycles. The van der Waals surface area contributed by atoms with Crippen LogP contribution in [-0.2, 0) is 0 Å². The summed E-state index contributed by atoms with van der Waals surface area (Å²) < 4.78 is 1.88. The second-order valence-electron chi connectivity index (χ2n) is 6.85. The molecule has 1 aliphatic heterocycles. The van der Waals surface area contributed by atoms with Gasteiger partial charge in [-0.2, -0.15) is 5.10 Å². The third-order valence-electron chi connectivity index (χ3n) is 4.55. The van der Waals surface area contributed by atoms with Crippen molar-refractivity contribution in [1.82, 2.24) is 20.4 Å². The van der Waals surface area contributed by atoms with E-state index in [9.17, 15) is 4.79 Å². The number of amides is 1. The van der Waals surface area contributed by atoms with E-state index in [1.165, 1.54) is 12.0 Å². The number of hydrogen-bond donors (Lipinski definition) is 2. The van der Waals surface area contributed by atoms with E-state index in [4.69, 9.17) is 0 Å². The highest BCUT2D eigenvalue weighted by Crippen LogP contribution is 2.23. The number of nitrogens with zero attached hydrogens (tertiary/aromatic N) is 2. The standard InChI is InChI=1S/C19H26N4O/c1-13(2)18-17(19(24)21-11-15-5-4-10-20-15)12-22-23(18)16-8-6-14(3)7-9-16/h6-9,12-13,15,20H,4-5,10-11H2,1-3H3,(H,21,24). The smallest absolute Gasteiger partial charge is 0.254 e. The summed E-state index contributed by atoms with van der Waals surface area (Å²) in [6.45, 7) is 7.97. The van der Waals surface area contributed by atoms with Crippen molar-refractivity contribution >= 4 is 5.91 Å². The van der Waals surface area contributed by atoms with Crippen molar-refractivity contribution in [2.75, 3.05) is 13.1 Å². The topological polar surface area (TPSA) is 59.0 Å². The molecule has 0 saturated carbocycles. The van der Waals surface area contributed by atoms with E-state index in [0.29, 0.717) is 18.2 Å². The van der Waals surface area contributed by atoms with Gasteiger partial charge in [0.15, 0.2) is 0 Å². The van der Waals surface area contributed by atoms with Gasteiger partial charge in [-0.05, 0) is 44.4 Å². The van der Waals surface area contributed by atoms with Crippen molar-refractivity contribution in [3.63, 3.8) is 0 Å². The minimum Gasteiger partial charge on any atom is -0.350 e. The molecule has 2 heterocycles. The summed E-state index contributed by atoms with van der Waals surface area (Å²) in [5, 5.41) is 10.9. The van der Waals surface area contributed by atoms with Crippen molar-refractivity contribution in [3.05, 3.63) is 47.3 Å². The lowest BCUT2D eigenvalue weighted by atomic mass is 10.0. The third kappa shape index (κ3) is 3.51. The number of carbonyl (C=O) groups excluding carboxylic acids is 1. The van der Waals surface area contributed by atoms with Crippen molar-refractivity contribution < 1.29 is 4.79 Å². The molecule has 5 nitrogen and oxygen atoms in total. The van der Waals surface area contributed by atoms with E-state index < -0.39 is 0 Å². The molecule has 2 N–H and O–H groups in total. The van der Waals surface area contributed by atoms with Gasteiger partial charge in [0.2, 0.25) is 0 Å². The number of benzene rings is 1. The number of carbonyl (C=O) groups is 1. The van der Waals surface area contributed by atoms with Gasteiger partial charge in [0, 0.05) is 12.6 Å². The molecule has 2 aromatic rings. The van der Waals surface area contributed by atoms with Gasteiger partial charge in [0.1, 0.15) is 0 Å². The molecule has 0 aliphatic carbocycles. The Hall–Kier alpha value is -2.14. The minimum atomic E-state index is -0.0363. The van der Waals surface area contributed by atoms with E-state index >= 15 is 0 Å². The van der Waals surface area contributed by atoms with Gasteiger partial charge in [0.25, 0.3) is 5.91 Å². The number of aromatic nitrogens is 2. The van der Waals surface area contributed by atoms with Crippen LogP contribution in [0.3, 0.4) is 0 Å². The van der Waals surface area contributed by atoms with Crippen LogP contribution in [0.2, 0.25) is 0 Å². The molecule has 1 saturated heterocycles. The van der Waals surface area contributed by atoms with Crippen LogP contribution in [0.25, 0.3) is 5.69 Å². The average Bonchev–Trinajstić information content (AvgIpc) is 3.22. The first kappa shape index (κ1) is 16.7. The minimum absolute atomic E-state index is 0.0363. The maximum absolute atomic E-state index is 12.6. The summed E-state index contributed by atoms with van der Waals surface area (Å²) in [5.74, 6) is 0.171. The number of aryl methyl sites for hydroxylation is 1. The maximum Gasteiger partial charge on any atom is 0.254 e. The van der Waals surface area contributed by atoms with Crippen LogP contribution in [0.5, 0.6) is 0 Å². The summed E-state index contributed by atoms with van der Waals surface area (Å²) >= 11 is 0. The normalized spacial score (nSPS) is 17.4. The van der Waals surface area contributed by atoms with E-state index in [2.05, 4.69) is 48.6 Å². The van der Waals surface area contributed by atoms with Crippen LogP contribution in [-0.4, -0.2) is 34.8 Å². The van der Waals surface area contributed by atoms with Gasteiger partial charge >= 0.3 is 0 Å². The highest BCUT2D eigenvalue weighted by Gasteiger charge is 2.22. The van der Waals surface area contributed by atoms with Gasteiger partial charge in [-0.3, -0.25) is 4.79 Å². The summed E-state index contributed by atoms with van der Waals surface area (Å²) in [6.07, 6.45) is 4.00. The van der Waals surface area contributed by atoms with Crippen molar-refractivity contribution in [3.8, 4) is 5.69 Å². The lowest BCUT2D eigenvalue weighted by molar-refractivity contribution is 0.0949. The second kappa shape index (κ2) is 7.18.